The van der Waals surface area contributed by atoms with Gasteiger partial charge in [0.2, 0.25) is 0 Å². The van der Waals surface area contributed by atoms with E-state index in [4.69, 9.17) is 51.1 Å². The van der Waals surface area contributed by atoms with E-state index < -0.39 is 5.38 Å². The summed E-state index contributed by atoms with van der Waals surface area (Å²) in [6, 6.07) is 8.96. The van der Waals surface area contributed by atoms with E-state index >= 15 is 0 Å². The first-order valence-corrected chi connectivity index (χ1v) is 7.44. The SMILES string of the molecule is COc1cc(Cl)c(C(Cl)c2ccc(Cl)cc2C)cc1Cl. The molecule has 0 N–H and O–H groups in total. The molecular formula is C15H12Cl4O. The Kier molecular flexibility index (Phi) is 5.09. The lowest BCUT2D eigenvalue weighted by Gasteiger charge is -2.16. The molecule has 2 aromatic carbocycles. The van der Waals surface area contributed by atoms with Crippen LogP contribution >= 0.6 is 46.4 Å². The van der Waals surface area contributed by atoms with Crippen LogP contribution < -0.4 is 4.74 Å². The molecule has 0 aliphatic carbocycles. The average molecular weight is 350 g/mol. The molecule has 0 saturated carbocycles. The molecule has 0 aromatic heterocycles. The number of rotatable bonds is 3. The molecule has 0 bridgehead atoms. The summed E-state index contributed by atoms with van der Waals surface area (Å²) in [7, 11) is 1.54. The van der Waals surface area contributed by atoms with Crippen LogP contribution in [-0.2, 0) is 0 Å². The maximum absolute atomic E-state index is 6.54. The number of alkyl halides is 1. The van der Waals surface area contributed by atoms with Crippen molar-refractivity contribution in [1.29, 1.82) is 0 Å². The molecule has 0 fully saturated rings. The molecule has 0 radical (unpaired) electrons. The zero-order chi connectivity index (χ0) is 14.9. The molecular weight excluding hydrogens is 338 g/mol. The van der Waals surface area contributed by atoms with E-state index in [0.29, 0.717) is 20.8 Å². The van der Waals surface area contributed by atoms with E-state index in [9.17, 15) is 0 Å². The van der Waals surface area contributed by atoms with Crippen molar-refractivity contribution in [3.05, 3.63) is 62.1 Å². The second-order valence-corrected chi connectivity index (χ2v) is 6.06. The van der Waals surface area contributed by atoms with E-state index in [0.717, 1.165) is 16.7 Å². The minimum atomic E-state index is -0.400. The molecule has 1 nitrogen and oxygen atoms in total. The normalized spacial score (nSPS) is 12.3. The Hall–Kier alpha value is -0.600. The van der Waals surface area contributed by atoms with Crippen LogP contribution in [0.3, 0.4) is 0 Å². The highest BCUT2D eigenvalue weighted by atomic mass is 35.5. The predicted molar refractivity (Wildman–Crippen MR) is 86.9 cm³/mol. The monoisotopic (exact) mass is 348 g/mol. The number of aryl methyl sites for hydroxylation is 1. The second kappa shape index (κ2) is 6.44. The van der Waals surface area contributed by atoms with Gasteiger partial charge in [-0.3, -0.25) is 0 Å². The fourth-order valence-corrected chi connectivity index (χ4v) is 3.21. The fourth-order valence-electron chi connectivity index (χ4n) is 1.99. The summed E-state index contributed by atoms with van der Waals surface area (Å²) in [6.45, 7) is 1.95. The summed E-state index contributed by atoms with van der Waals surface area (Å²) >= 11 is 24.9. The van der Waals surface area contributed by atoms with Crippen molar-refractivity contribution in [3.8, 4) is 5.75 Å². The lowest BCUT2D eigenvalue weighted by atomic mass is 10.00. The van der Waals surface area contributed by atoms with Crippen molar-refractivity contribution in [1.82, 2.24) is 0 Å². The Morgan fingerprint density at radius 3 is 2.25 bits per heavy atom. The fraction of sp³-hybridized carbons (Fsp3) is 0.200. The standard InChI is InChI=1S/C15H12Cl4O/c1-8-5-9(16)3-4-10(8)15(19)11-6-13(18)14(20-2)7-12(11)17/h3-7,15H,1-2H3. The third-order valence-electron chi connectivity index (χ3n) is 3.05. The molecule has 20 heavy (non-hydrogen) atoms. The van der Waals surface area contributed by atoms with Gasteiger partial charge in [-0.25, -0.2) is 0 Å². The molecule has 106 valence electrons. The van der Waals surface area contributed by atoms with Crippen LogP contribution in [0.15, 0.2) is 30.3 Å². The molecule has 2 aromatic rings. The largest absolute Gasteiger partial charge is 0.495 e. The molecule has 5 heteroatoms. The van der Waals surface area contributed by atoms with Crippen LogP contribution in [0.5, 0.6) is 5.75 Å². The van der Waals surface area contributed by atoms with Gasteiger partial charge in [0, 0.05) is 16.1 Å². The molecule has 0 saturated heterocycles. The van der Waals surface area contributed by atoms with Gasteiger partial charge < -0.3 is 4.74 Å². The van der Waals surface area contributed by atoms with Crippen molar-refractivity contribution in [2.45, 2.75) is 12.3 Å². The molecule has 2 rings (SSSR count). The molecule has 0 amide bonds. The summed E-state index contributed by atoms with van der Waals surface area (Å²) in [5, 5.41) is 1.27. The Bertz CT molecular complexity index is 640. The summed E-state index contributed by atoms with van der Waals surface area (Å²) in [6.07, 6.45) is 0. The van der Waals surface area contributed by atoms with E-state index in [2.05, 4.69) is 0 Å². The van der Waals surface area contributed by atoms with Gasteiger partial charge in [0.05, 0.1) is 17.5 Å². The number of hydrogen-bond acceptors (Lipinski definition) is 1. The minimum absolute atomic E-state index is 0.400. The highest BCUT2D eigenvalue weighted by molar-refractivity contribution is 6.36. The van der Waals surface area contributed by atoms with Gasteiger partial charge in [-0.15, -0.1) is 11.6 Å². The van der Waals surface area contributed by atoms with E-state index in [1.165, 1.54) is 0 Å². The average Bonchev–Trinajstić information content (AvgIpc) is 2.40. The van der Waals surface area contributed by atoms with Gasteiger partial charge in [-0.05, 0) is 41.8 Å². The van der Waals surface area contributed by atoms with Gasteiger partial charge in [0.25, 0.3) is 0 Å². The van der Waals surface area contributed by atoms with Gasteiger partial charge in [-0.1, -0.05) is 40.9 Å². The van der Waals surface area contributed by atoms with E-state index in [1.54, 1.807) is 25.3 Å². The van der Waals surface area contributed by atoms with Crippen LogP contribution in [-0.4, -0.2) is 7.11 Å². The number of methoxy groups -OCH3 is 1. The van der Waals surface area contributed by atoms with Crippen molar-refractivity contribution in [3.63, 3.8) is 0 Å². The van der Waals surface area contributed by atoms with Gasteiger partial charge in [-0.2, -0.15) is 0 Å². The zero-order valence-electron chi connectivity index (χ0n) is 10.9. The Morgan fingerprint density at radius 1 is 0.950 bits per heavy atom. The first-order valence-electron chi connectivity index (χ1n) is 5.87. The first kappa shape index (κ1) is 15.8. The zero-order valence-corrected chi connectivity index (χ0v) is 13.9. The lowest BCUT2D eigenvalue weighted by molar-refractivity contribution is 0.415. The van der Waals surface area contributed by atoms with Crippen LogP contribution in [0.4, 0.5) is 0 Å². The van der Waals surface area contributed by atoms with E-state index in [1.807, 2.05) is 19.1 Å². The predicted octanol–water partition coefficient (Wildman–Crippen LogP) is 6.29. The van der Waals surface area contributed by atoms with Gasteiger partial charge in [0.1, 0.15) is 5.75 Å². The third kappa shape index (κ3) is 3.17. The molecule has 1 atom stereocenters. The lowest BCUT2D eigenvalue weighted by Crippen LogP contribution is -1.98. The minimum Gasteiger partial charge on any atom is -0.495 e. The quantitative estimate of drug-likeness (QED) is 0.591. The Balaban J connectivity index is 2.48. The molecule has 1 unspecified atom stereocenters. The van der Waals surface area contributed by atoms with Crippen molar-refractivity contribution < 1.29 is 4.74 Å². The van der Waals surface area contributed by atoms with Crippen molar-refractivity contribution in [2.24, 2.45) is 0 Å². The maximum Gasteiger partial charge on any atom is 0.138 e. The Morgan fingerprint density at radius 2 is 1.65 bits per heavy atom. The van der Waals surface area contributed by atoms with Gasteiger partial charge >= 0.3 is 0 Å². The molecule has 0 heterocycles. The first-order chi connectivity index (χ1) is 9.43. The molecule has 0 aliphatic heterocycles. The highest BCUT2D eigenvalue weighted by Gasteiger charge is 2.18. The Labute approximate surface area is 138 Å². The smallest absolute Gasteiger partial charge is 0.138 e. The summed E-state index contributed by atoms with van der Waals surface area (Å²) in [5.41, 5.74) is 2.68. The second-order valence-electron chi connectivity index (χ2n) is 4.37. The summed E-state index contributed by atoms with van der Waals surface area (Å²) in [5.74, 6) is 0.525. The van der Waals surface area contributed by atoms with Crippen molar-refractivity contribution >= 4 is 46.4 Å². The van der Waals surface area contributed by atoms with Gasteiger partial charge in [0.15, 0.2) is 0 Å². The molecule has 0 aliphatic rings. The number of hydrogen-bond donors (Lipinski definition) is 0. The molecule has 0 spiro atoms. The van der Waals surface area contributed by atoms with Crippen molar-refractivity contribution in [2.75, 3.05) is 7.11 Å². The topological polar surface area (TPSA) is 9.23 Å². The van der Waals surface area contributed by atoms with Crippen LogP contribution in [0.25, 0.3) is 0 Å². The van der Waals surface area contributed by atoms with E-state index in [-0.39, 0.29) is 0 Å². The third-order valence-corrected chi connectivity index (χ3v) is 4.38. The van der Waals surface area contributed by atoms with Crippen LogP contribution in [0.2, 0.25) is 15.1 Å². The summed E-state index contributed by atoms with van der Waals surface area (Å²) in [4.78, 5) is 0. The maximum atomic E-state index is 6.54. The number of halogens is 4. The number of ether oxygens (including phenoxy) is 1. The van der Waals surface area contributed by atoms with Crippen LogP contribution in [0, 0.1) is 6.92 Å². The highest BCUT2D eigenvalue weighted by Crippen LogP contribution is 2.40. The number of benzene rings is 2. The summed E-state index contributed by atoms with van der Waals surface area (Å²) < 4.78 is 5.13. The van der Waals surface area contributed by atoms with Crippen LogP contribution in [0.1, 0.15) is 22.1 Å².